The lowest BCUT2D eigenvalue weighted by atomic mass is 9.99. The first-order valence-corrected chi connectivity index (χ1v) is 10.8. The van der Waals surface area contributed by atoms with Crippen LogP contribution in [0.5, 0.6) is 0 Å². The van der Waals surface area contributed by atoms with Crippen LogP contribution in [0.2, 0.25) is 0 Å². The van der Waals surface area contributed by atoms with Crippen LogP contribution in [0.1, 0.15) is 37.1 Å². The van der Waals surface area contributed by atoms with Crippen molar-refractivity contribution in [2.75, 3.05) is 11.4 Å². The van der Waals surface area contributed by atoms with Gasteiger partial charge in [0.2, 0.25) is 5.82 Å². The summed E-state index contributed by atoms with van der Waals surface area (Å²) in [5, 5.41) is 3.27. The maximum atomic E-state index is 13.2. The number of aromatic nitrogens is 7. The fourth-order valence-corrected chi connectivity index (χ4v) is 4.25. The van der Waals surface area contributed by atoms with Gasteiger partial charge in [-0.15, -0.1) is 0 Å². The van der Waals surface area contributed by atoms with Gasteiger partial charge in [-0.2, -0.15) is 26.3 Å². The Kier molecular flexibility index (Phi) is 5.61. The molecule has 4 aromatic rings. The Balaban J connectivity index is 1.49. The summed E-state index contributed by atoms with van der Waals surface area (Å²) < 4.78 is 79.9. The molecule has 1 aliphatic rings. The van der Waals surface area contributed by atoms with Gasteiger partial charge < -0.3 is 15.2 Å². The molecule has 9 nitrogen and oxygen atoms in total. The second-order valence-electron chi connectivity index (χ2n) is 8.49. The van der Waals surface area contributed by atoms with E-state index >= 15 is 0 Å². The van der Waals surface area contributed by atoms with Gasteiger partial charge in [0, 0.05) is 37.2 Å². The second-order valence-corrected chi connectivity index (χ2v) is 8.49. The summed E-state index contributed by atoms with van der Waals surface area (Å²) in [5.74, 6) is -0.494. The molecule has 190 valence electrons. The number of aromatic amines is 1. The number of alkyl halides is 6. The van der Waals surface area contributed by atoms with Gasteiger partial charge in [0.1, 0.15) is 11.5 Å². The number of fused-ring (bicyclic) bond motifs is 1. The number of H-pyrrole nitrogens is 1. The van der Waals surface area contributed by atoms with Crippen LogP contribution in [0.25, 0.3) is 17.2 Å². The minimum Gasteiger partial charge on any atom is -0.350 e. The maximum Gasteiger partial charge on any atom is 0.449 e. The van der Waals surface area contributed by atoms with Crippen molar-refractivity contribution in [1.82, 2.24) is 39.6 Å². The van der Waals surface area contributed by atoms with Crippen molar-refractivity contribution in [3.05, 3.63) is 54.3 Å². The fraction of sp³-hybridized carbons (Fsp3) is 0.381. The molecule has 1 aliphatic heterocycles. The summed E-state index contributed by atoms with van der Waals surface area (Å²) in [6.07, 6.45) is -3.35. The normalized spacial score (nSPS) is 21.3. The number of piperazine rings is 1. The predicted molar refractivity (Wildman–Crippen MR) is 115 cm³/mol. The largest absolute Gasteiger partial charge is 0.449 e. The lowest BCUT2D eigenvalue weighted by Crippen LogP contribution is -2.56. The van der Waals surface area contributed by atoms with Crippen LogP contribution in [0.15, 0.2) is 37.1 Å². The molecular formula is C21H19F6N9. The highest BCUT2D eigenvalue weighted by atomic mass is 19.4. The highest BCUT2D eigenvalue weighted by Gasteiger charge is 2.39. The first-order valence-electron chi connectivity index (χ1n) is 10.8. The Hall–Kier alpha value is -3.75. The lowest BCUT2D eigenvalue weighted by Gasteiger charge is -2.43. The smallest absolute Gasteiger partial charge is 0.350 e. The minimum atomic E-state index is -4.64. The van der Waals surface area contributed by atoms with E-state index < -0.39 is 29.9 Å². The summed E-state index contributed by atoms with van der Waals surface area (Å²) in [5.41, 5.74) is -0.464. The molecule has 5 heterocycles. The molecule has 15 heteroatoms. The molecular weight excluding hydrogens is 492 g/mol. The fourth-order valence-electron chi connectivity index (χ4n) is 4.25. The van der Waals surface area contributed by atoms with Crippen molar-refractivity contribution in [2.45, 2.75) is 44.3 Å². The number of imidazole rings is 2. The molecule has 4 aromatic heterocycles. The molecule has 1 fully saturated rings. The van der Waals surface area contributed by atoms with Gasteiger partial charge in [-0.05, 0) is 19.9 Å². The SMILES string of the molecule is CC1CN(c2ccnc(-c3cnc4cnc(C(F)(F)F)cn34)n2)C(C)C(c2c[nH]c(C(F)(F)F)n2)N1. The second kappa shape index (κ2) is 8.43. The van der Waals surface area contributed by atoms with Gasteiger partial charge in [-0.3, -0.25) is 4.40 Å². The zero-order valence-electron chi connectivity index (χ0n) is 18.8. The first-order chi connectivity index (χ1) is 16.9. The van der Waals surface area contributed by atoms with E-state index in [0.717, 1.165) is 12.4 Å². The number of hydrogen-bond donors (Lipinski definition) is 2. The van der Waals surface area contributed by atoms with Crippen LogP contribution in [0.4, 0.5) is 32.2 Å². The van der Waals surface area contributed by atoms with E-state index in [4.69, 9.17) is 0 Å². The lowest BCUT2D eigenvalue weighted by molar-refractivity contribution is -0.144. The van der Waals surface area contributed by atoms with Crippen molar-refractivity contribution < 1.29 is 26.3 Å². The van der Waals surface area contributed by atoms with E-state index in [2.05, 4.69) is 35.2 Å². The molecule has 0 bridgehead atoms. The van der Waals surface area contributed by atoms with Gasteiger partial charge >= 0.3 is 12.4 Å². The highest BCUT2D eigenvalue weighted by Crippen LogP contribution is 2.33. The first kappa shape index (κ1) is 24.0. The Bertz CT molecular complexity index is 1390. The highest BCUT2D eigenvalue weighted by molar-refractivity contribution is 5.58. The van der Waals surface area contributed by atoms with Crippen molar-refractivity contribution in [3.8, 4) is 11.5 Å². The molecule has 0 aromatic carbocycles. The summed E-state index contributed by atoms with van der Waals surface area (Å²) in [7, 11) is 0. The summed E-state index contributed by atoms with van der Waals surface area (Å²) in [6, 6.07) is 0.589. The molecule has 0 amide bonds. The molecule has 5 rings (SSSR count). The van der Waals surface area contributed by atoms with E-state index in [0.29, 0.717) is 12.4 Å². The van der Waals surface area contributed by atoms with E-state index in [9.17, 15) is 26.3 Å². The van der Waals surface area contributed by atoms with Crippen LogP contribution in [0.3, 0.4) is 0 Å². The predicted octanol–water partition coefficient (Wildman–Crippen LogP) is 3.87. The molecule has 0 aliphatic carbocycles. The minimum absolute atomic E-state index is 0.133. The third-order valence-electron chi connectivity index (χ3n) is 5.94. The quantitative estimate of drug-likeness (QED) is 0.403. The van der Waals surface area contributed by atoms with E-state index in [1.165, 1.54) is 23.0 Å². The Morgan fingerprint density at radius 1 is 0.972 bits per heavy atom. The number of anilines is 1. The monoisotopic (exact) mass is 511 g/mol. The zero-order valence-corrected chi connectivity index (χ0v) is 18.8. The van der Waals surface area contributed by atoms with E-state index in [1.54, 1.807) is 6.07 Å². The van der Waals surface area contributed by atoms with Gasteiger partial charge in [0.15, 0.2) is 17.2 Å². The average molecular weight is 511 g/mol. The number of nitrogens with one attached hydrogen (secondary N) is 2. The topological polar surface area (TPSA) is 99.9 Å². The molecule has 3 atom stereocenters. The summed E-state index contributed by atoms with van der Waals surface area (Å²) >= 11 is 0. The summed E-state index contributed by atoms with van der Waals surface area (Å²) in [6.45, 7) is 4.17. The maximum absolute atomic E-state index is 13.2. The van der Waals surface area contributed by atoms with Gasteiger partial charge in [0.25, 0.3) is 0 Å². The number of halogens is 6. The van der Waals surface area contributed by atoms with Crippen LogP contribution in [-0.2, 0) is 12.4 Å². The Morgan fingerprint density at radius 3 is 2.44 bits per heavy atom. The molecule has 3 unspecified atom stereocenters. The third kappa shape index (κ3) is 4.34. The van der Waals surface area contributed by atoms with E-state index in [1.807, 2.05) is 18.7 Å². The number of rotatable bonds is 3. The standard InChI is InChI=1S/C21H19F6N9/c1-10-8-35(11(2)17(32-10)12-5-31-19(33-12)21(25,26)27)15-3-4-28-18(34-15)13-6-30-16-7-29-14(9-36(13)16)20(22,23)24/h3-7,9-11,17,32H,8H2,1-2H3,(H,31,33). The molecule has 36 heavy (non-hydrogen) atoms. The number of nitrogens with zero attached hydrogens (tertiary/aromatic N) is 7. The van der Waals surface area contributed by atoms with Crippen LogP contribution in [-0.4, -0.2) is 52.9 Å². The Labute approximate surface area is 199 Å². The molecule has 0 saturated carbocycles. The van der Waals surface area contributed by atoms with Crippen LogP contribution in [0, 0.1) is 0 Å². The van der Waals surface area contributed by atoms with Gasteiger partial charge in [-0.25, -0.2) is 24.9 Å². The third-order valence-corrected chi connectivity index (χ3v) is 5.94. The number of hydrogen-bond acceptors (Lipinski definition) is 7. The van der Waals surface area contributed by atoms with Crippen LogP contribution < -0.4 is 10.2 Å². The van der Waals surface area contributed by atoms with Crippen molar-refractivity contribution in [1.29, 1.82) is 0 Å². The molecule has 2 N–H and O–H groups in total. The van der Waals surface area contributed by atoms with Crippen molar-refractivity contribution in [3.63, 3.8) is 0 Å². The van der Waals surface area contributed by atoms with Crippen molar-refractivity contribution in [2.24, 2.45) is 0 Å². The average Bonchev–Trinajstić information content (AvgIpc) is 3.47. The van der Waals surface area contributed by atoms with Gasteiger partial charge in [-0.1, -0.05) is 0 Å². The van der Waals surface area contributed by atoms with Crippen LogP contribution >= 0.6 is 0 Å². The Morgan fingerprint density at radius 2 is 1.75 bits per heavy atom. The molecule has 0 radical (unpaired) electrons. The molecule has 1 saturated heterocycles. The van der Waals surface area contributed by atoms with E-state index in [-0.39, 0.29) is 34.9 Å². The van der Waals surface area contributed by atoms with Crippen molar-refractivity contribution >= 4 is 11.5 Å². The van der Waals surface area contributed by atoms with Gasteiger partial charge in [0.05, 0.1) is 24.1 Å². The summed E-state index contributed by atoms with van der Waals surface area (Å²) in [4.78, 5) is 24.1. The zero-order chi connectivity index (χ0) is 25.8. The molecule has 0 spiro atoms.